The Morgan fingerprint density at radius 2 is 2.10 bits per heavy atom. The van der Waals surface area contributed by atoms with Crippen LogP contribution in [0.25, 0.3) is 0 Å². The molecule has 0 bridgehead atoms. The Kier molecular flexibility index (Phi) is 5.93. The lowest BCUT2D eigenvalue weighted by molar-refractivity contribution is -0.148. The number of nitrogens with zero attached hydrogens (tertiary/aromatic N) is 4. The van der Waals surface area contributed by atoms with E-state index in [0.29, 0.717) is 13.0 Å². The van der Waals surface area contributed by atoms with Crippen molar-refractivity contribution < 1.29 is 27.9 Å². The fraction of sp³-hybridized carbons (Fsp3) is 0.600. The Morgan fingerprint density at radius 3 is 2.62 bits per heavy atom. The van der Waals surface area contributed by atoms with Gasteiger partial charge in [-0.1, -0.05) is 5.21 Å². The summed E-state index contributed by atoms with van der Waals surface area (Å²) in [7, 11) is 0. The molecule has 118 valence electrons. The van der Waals surface area contributed by atoms with Gasteiger partial charge in [0, 0.05) is 19.3 Å². The second-order valence-electron chi connectivity index (χ2n) is 4.12. The van der Waals surface area contributed by atoms with Crippen LogP contribution in [0.2, 0.25) is 0 Å². The van der Waals surface area contributed by atoms with Crippen LogP contribution in [0.5, 0.6) is 0 Å². The first-order chi connectivity index (χ1) is 9.78. The first-order valence-electron chi connectivity index (χ1n) is 5.93. The molecule has 1 aromatic rings. The fourth-order valence-corrected chi connectivity index (χ4v) is 1.48. The predicted octanol–water partition coefficient (Wildman–Crippen LogP) is 0.327. The second-order valence-corrected chi connectivity index (χ2v) is 4.12. The zero-order chi connectivity index (χ0) is 15.9. The Bertz CT molecular complexity index is 463. The Hall–Kier alpha value is -2.33. The van der Waals surface area contributed by atoms with Gasteiger partial charge in [0.15, 0.2) is 0 Å². The quantitative estimate of drug-likeness (QED) is 0.707. The van der Waals surface area contributed by atoms with Crippen LogP contribution in [0.4, 0.5) is 18.0 Å². The summed E-state index contributed by atoms with van der Waals surface area (Å²) >= 11 is 0. The Labute approximate surface area is 117 Å². The zero-order valence-corrected chi connectivity index (χ0v) is 10.9. The standard InChI is InChI=1S/C10H14F3N5O3/c11-10(12,13)7-17(6-8(19)20)9(21)14-2-1-4-18-5-3-15-16-18/h3,5H,1-2,4,6-7H2,(H,14,21)(H,19,20). The van der Waals surface area contributed by atoms with Crippen molar-refractivity contribution in [2.45, 2.75) is 19.1 Å². The number of urea groups is 1. The molecular formula is C10H14F3N5O3. The molecule has 0 aliphatic rings. The van der Waals surface area contributed by atoms with Crippen molar-refractivity contribution in [1.29, 1.82) is 0 Å². The summed E-state index contributed by atoms with van der Waals surface area (Å²) in [5.41, 5.74) is 0. The van der Waals surface area contributed by atoms with E-state index in [1.807, 2.05) is 0 Å². The lowest BCUT2D eigenvalue weighted by atomic mass is 10.4. The fourth-order valence-electron chi connectivity index (χ4n) is 1.48. The third-order valence-electron chi connectivity index (χ3n) is 2.30. The number of aliphatic carboxylic acids is 1. The van der Waals surface area contributed by atoms with E-state index in [4.69, 9.17) is 5.11 Å². The topological polar surface area (TPSA) is 100 Å². The number of carbonyl (C=O) groups is 2. The highest BCUT2D eigenvalue weighted by molar-refractivity contribution is 5.80. The van der Waals surface area contributed by atoms with Gasteiger partial charge >= 0.3 is 18.2 Å². The molecule has 0 aliphatic heterocycles. The van der Waals surface area contributed by atoms with Gasteiger partial charge < -0.3 is 15.3 Å². The molecule has 2 N–H and O–H groups in total. The summed E-state index contributed by atoms with van der Waals surface area (Å²) in [6, 6.07) is -1.08. The van der Waals surface area contributed by atoms with E-state index < -0.39 is 31.3 Å². The number of aryl methyl sites for hydroxylation is 1. The molecule has 0 aromatic carbocycles. The highest BCUT2D eigenvalue weighted by Crippen LogP contribution is 2.16. The minimum absolute atomic E-state index is 0.0899. The minimum atomic E-state index is -4.66. The van der Waals surface area contributed by atoms with Crippen LogP contribution < -0.4 is 5.32 Å². The summed E-state index contributed by atoms with van der Waals surface area (Å²) in [5, 5.41) is 18.0. The van der Waals surface area contributed by atoms with Crippen molar-refractivity contribution in [1.82, 2.24) is 25.2 Å². The molecule has 1 heterocycles. The maximum absolute atomic E-state index is 12.3. The number of hydrogen-bond donors (Lipinski definition) is 2. The molecule has 1 aromatic heterocycles. The normalized spacial score (nSPS) is 11.2. The Morgan fingerprint density at radius 1 is 1.38 bits per heavy atom. The van der Waals surface area contributed by atoms with Gasteiger partial charge in [-0.05, 0) is 6.42 Å². The number of rotatable bonds is 7. The van der Waals surface area contributed by atoms with Gasteiger partial charge in [-0.25, -0.2) is 4.79 Å². The van der Waals surface area contributed by atoms with E-state index in [1.165, 1.54) is 10.9 Å². The van der Waals surface area contributed by atoms with Gasteiger partial charge in [0.05, 0.1) is 6.20 Å². The molecule has 8 nitrogen and oxygen atoms in total. The number of aromatic nitrogens is 3. The minimum Gasteiger partial charge on any atom is -0.480 e. The molecule has 0 unspecified atom stereocenters. The lowest BCUT2D eigenvalue weighted by Crippen LogP contribution is -2.47. The summed E-state index contributed by atoms with van der Waals surface area (Å²) in [4.78, 5) is 22.2. The van der Waals surface area contributed by atoms with E-state index >= 15 is 0 Å². The first-order valence-corrected chi connectivity index (χ1v) is 5.93. The van der Waals surface area contributed by atoms with Crippen molar-refractivity contribution in [2.75, 3.05) is 19.6 Å². The summed E-state index contributed by atoms with van der Waals surface area (Å²) in [6.07, 6.45) is -1.17. The molecule has 0 saturated heterocycles. The van der Waals surface area contributed by atoms with Gasteiger partial charge in [0.1, 0.15) is 13.1 Å². The number of amides is 2. The van der Waals surface area contributed by atoms with Gasteiger partial charge in [0.25, 0.3) is 0 Å². The average Bonchev–Trinajstić information content (AvgIpc) is 2.84. The molecule has 0 spiro atoms. The SMILES string of the molecule is O=C(O)CN(CC(F)(F)F)C(=O)NCCCn1ccnn1. The van der Waals surface area contributed by atoms with Gasteiger partial charge in [-0.3, -0.25) is 9.48 Å². The molecule has 11 heteroatoms. The second kappa shape index (κ2) is 7.45. The molecule has 21 heavy (non-hydrogen) atoms. The zero-order valence-electron chi connectivity index (χ0n) is 10.9. The summed E-state index contributed by atoms with van der Waals surface area (Å²) in [6.45, 7) is -2.12. The monoisotopic (exact) mass is 309 g/mol. The van der Waals surface area contributed by atoms with Crippen molar-refractivity contribution in [3.05, 3.63) is 12.4 Å². The molecule has 0 saturated carbocycles. The number of alkyl halides is 3. The maximum atomic E-state index is 12.3. The van der Waals surface area contributed by atoms with Crippen LogP contribution in [0, 0.1) is 0 Å². The molecule has 2 amide bonds. The lowest BCUT2D eigenvalue weighted by Gasteiger charge is -2.22. The van der Waals surface area contributed by atoms with Crippen LogP contribution in [-0.2, 0) is 11.3 Å². The molecule has 0 aliphatic carbocycles. The van der Waals surface area contributed by atoms with E-state index in [9.17, 15) is 22.8 Å². The smallest absolute Gasteiger partial charge is 0.406 e. The average molecular weight is 309 g/mol. The number of halogens is 3. The van der Waals surface area contributed by atoms with Crippen LogP contribution >= 0.6 is 0 Å². The number of hydrogen-bond acceptors (Lipinski definition) is 4. The van der Waals surface area contributed by atoms with E-state index in [2.05, 4.69) is 15.6 Å². The molecule has 0 radical (unpaired) electrons. The summed E-state index contributed by atoms with van der Waals surface area (Å²) < 4.78 is 38.3. The maximum Gasteiger partial charge on any atom is 0.406 e. The molecule has 0 atom stereocenters. The van der Waals surface area contributed by atoms with Crippen molar-refractivity contribution in [3.8, 4) is 0 Å². The molecule has 0 fully saturated rings. The molecule has 1 rings (SSSR count). The summed E-state index contributed by atoms with van der Waals surface area (Å²) in [5.74, 6) is -1.52. The highest BCUT2D eigenvalue weighted by Gasteiger charge is 2.33. The van der Waals surface area contributed by atoms with E-state index in [1.54, 1.807) is 6.20 Å². The van der Waals surface area contributed by atoms with E-state index in [-0.39, 0.29) is 11.4 Å². The first kappa shape index (κ1) is 16.7. The van der Waals surface area contributed by atoms with Gasteiger partial charge in [-0.15, -0.1) is 5.10 Å². The number of carboxylic acids is 1. The van der Waals surface area contributed by atoms with Crippen LogP contribution in [0.3, 0.4) is 0 Å². The third-order valence-corrected chi connectivity index (χ3v) is 2.30. The number of carbonyl (C=O) groups excluding carboxylic acids is 1. The predicted molar refractivity (Wildman–Crippen MR) is 63.3 cm³/mol. The van der Waals surface area contributed by atoms with Crippen molar-refractivity contribution in [3.63, 3.8) is 0 Å². The number of carboxylic acid groups (broad SMARTS) is 1. The Balaban J connectivity index is 2.38. The van der Waals surface area contributed by atoms with Gasteiger partial charge in [0.2, 0.25) is 0 Å². The van der Waals surface area contributed by atoms with Crippen molar-refractivity contribution >= 4 is 12.0 Å². The van der Waals surface area contributed by atoms with E-state index in [0.717, 1.165) is 0 Å². The third kappa shape index (κ3) is 7.13. The van der Waals surface area contributed by atoms with Crippen molar-refractivity contribution in [2.24, 2.45) is 0 Å². The van der Waals surface area contributed by atoms with Gasteiger partial charge in [-0.2, -0.15) is 13.2 Å². The van der Waals surface area contributed by atoms with Crippen LogP contribution in [0.1, 0.15) is 6.42 Å². The van der Waals surface area contributed by atoms with Crippen LogP contribution in [0.15, 0.2) is 12.4 Å². The largest absolute Gasteiger partial charge is 0.480 e. The molecular weight excluding hydrogens is 295 g/mol. The number of nitrogens with one attached hydrogen (secondary N) is 1. The highest BCUT2D eigenvalue weighted by atomic mass is 19.4. The van der Waals surface area contributed by atoms with Crippen LogP contribution in [-0.4, -0.2) is 62.8 Å².